The lowest BCUT2D eigenvalue weighted by Crippen LogP contribution is -2.37. The monoisotopic (exact) mass is 370 g/mol. The van der Waals surface area contributed by atoms with Gasteiger partial charge in [0.1, 0.15) is 6.33 Å². The highest BCUT2D eigenvalue weighted by atomic mass is 35.5. The Kier molecular flexibility index (Phi) is 7.10. The van der Waals surface area contributed by atoms with E-state index in [-0.39, 0.29) is 0 Å². The molecule has 0 saturated carbocycles. The molecule has 0 fully saturated rings. The van der Waals surface area contributed by atoms with Crippen molar-refractivity contribution in [3.8, 4) is 0 Å². The Labute approximate surface area is 150 Å². The van der Waals surface area contributed by atoms with Gasteiger partial charge in [-0.15, -0.1) is 10.2 Å². The second-order valence-electron chi connectivity index (χ2n) is 5.07. The van der Waals surface area contributed by atoms with Gasteiger partial charge in [-0.05, 0) is 44.0 Å². The molecule has 2 rings (SSSR count). The fourth-order valence-corrected chi connectivity index (χ4v) is 2.82. The molecular formula is C14H19ClN6S2. The number of likely N-dealkylation sites (N-methyl/N-ethyl adjacent to an activating group) is 1. The fraction of sp³-hybridized carbons (Fsp3) is 0.357. The number of halogens is 1. The van der Waals surface area contributed by atoms with E-state index in [4.69, 9.17) is 23.8 Å². The molecule has 0 saturated heterocycles. The lowest BCUT2D eigenvalue weighted by atomic mass is 10.2. The molecule has 0 spiro atoms. The number of hydrogen-bond acceptors (Lipinski definition) is 5. The minimum atomic E-state index is 0.542. The highest BCUT2D eigenvalue weighted by Gasteiger charge is 2.07. The van der Waals surface area contributed by atoms with Gasteiger partial charge in [-0.25, -0.2) is 4.68 Å². The van der Waals surface area contributed by atoms with Crippen molar-refractivity contribution in [3.63, 3.8) is 0 Å². The van der Waals surface area contributed by atoms with Crippen LogP contribution in [0, 0.1) is 0 Å². The quantitative estimate of drug-likeness (QED) is 0.572. The van der Waals surface area contributed by atoms with Crippen molar-refractivity contribution in [1.82, 2.24) is 25.1 Å². The minimum Gasteiger partial charge on any atom is -0.360 e. The van der Waals surface area contributed by atoms with E-state index in [2.05, 4.69) is 25.8 Å². The van der Waals surface area contributed by atoms with E-state index in [0.717, 1.165) is 29.0 Å². The maximum Gasteiger partial charge on any atom is 0.210 e. The molecule has 1 heterocycles. The van der Waals surface area contributed by atoms with Crippen LogP contribution in [0.3, 0.4) is 0 Å². The van der Waals surface area contributed by atoms with Crippen molar-refractivity contribution in [2.75, 3.05) is 32.6 Å². The summed E-state index contributed by atoms with van der Waals surface area (Å²) in [6.07, 6.45) is 1.60. The minimum absolute atomic E-state index is 0.542. The van der Waals surface area contributed by atoms with Crippen LogP contribution in [-0.2, 0) is 5.75 Å². The first-order valence-corrected chi connectivity index (χ1v) is 8.78. The maximum atomic E-state index is 5.89. The van der Waals surface area contributed by atoms with Crippen LogP contribution in [0.15, 0.2) is 35.7 Å². The molecular weight excluding hydrogens is 352 g/mol. The fourth-order valence-electron chi connectivity index (χ4n) is 1.67. The zero-order valence-corrected chi connectivity index (χ0v) is 15.4. The number of benzene rings is 1. The van der Waals surface area contributed by atoms with Gasteiger partial charge in [0.15, 0.2) is 5.11 Å². The van der Waals surface area contributed by atoms with Gasteiger partial charge in [0.2, 0.25) is 5.16 Å². The first-order valence-electron chi connectivity index (χ1n) is 7.01. The van der Waals surface area contributed by atoms with E-state index >= 15 is 0 Å². The standard InChI is InChI=1S/C14H19ClN6S2/c1-20(2)8-7-16-13(22)19-21-10-17-18-14(21)23-9-11-3-5-12(15)6-4-11/h3-6,10H,7-9H2,1-2H3,(H2,16,19,22). The molecule has 0 aliphatic rings. The Morgan fingerprint density at radius 2 is 2.09 bits per heavy atom. The van der Waals surface area contributed by atoms with Crippen LogP contribution >= 0.6 is 35.6 Å². The predicted molar refractivity (Wildman–Crippen MR) is 99.6 cm³/mol. The van der Waals surface area contributed by atoms with Gasteiger partial charge in [-0.3, -0.25) is 5.43 Å². The third kappa shape index (κ3) is 6.34. The molecule has 1 aromatic carbocycles. The molecule has 1 aromatic heterocycles. The number of nitrogens with one attached hydrogen (secondary N) is 2. The molecule has 0 aliphatic heterocycles. The Morgan fingerprint density at radius 3 is 2.78 bits per heavy atom. The van der Waals surface area contributed by atoms with Crippen LogP contribution in [0.25, 0.3) is 0 Å². The molecule has 2 aromatic rings. The number of thioether (sulfide) groups is 1. The van der Waals surface area contributed by atoms with Crippen molar-refractivity contribution in [2.24, 2.45) is 0 Å². The topological polar surface area (TPSA) is 58.0 Å². The highest BCUT2D eigenvalue weighted by Crippen LogP contribution is 2.21. The molecule has 23 heavy (non-hydrogen) atoms. The van der Waals surface area contributed by atoms with Crippen LogP contribution < -0.4 is 10.7 Å². The van der Waals surface area contributed by atoms with E-state index in [1.54, 1.807) is 22.8 Å². The SMILES string of the molecule is CN(C)CCNC(=S)Nn1cnnc1SCc1ccc(Cl)cc1. The van der Waals surface area contributed by atoms with Gasteiger partial charge in [-0.1, -0.05) is 35.5 Å². The molecule has 0 atom stereocenters. The smallest absolute Gasteiger partial charge is 0.210 e. The van der Waals surface area contributed by atoms with Crippen molar-refractivity contribution in [1.29, 1.82) is 0 Å². The summed E-state index contributed by atoms with van der Waals surface area (Å²) < 4.78 is 1.71. The van der Waals surface area contributed by atoms with Crippen molar-refractivity contribution >= 4 is 40.7 Å². The molecule has 9 heteroatoms. The second kappa shape index (κ2) is 9.07. The van der Waals surface area contributed by atoms with Gasteiger partial charge in [0.05, 0.1) is 0 Å². The first-order chi connectivity index (χ1) is 11.0. The zero-order chi connectivity index (χ0) is 16.7. The molecule has 2 N–H and O–H groups in total. The average Bonchev–Trinajstić information content (AvgIpc) is 2.93. The lowest BCUT2D eigenvalue weighted by molar-refractivity contribution is 0.413. The van der Waals surface area contributed by atoms with Crippen LogP contribution in [0.2, 0.25) is 5.02 Å². The summed E-state index contributed by atoms with van der Waals surface area (Å²) >= 11 is 12.7. The molecule has 124 valence electrons. The highest BCUT2D eigenvalue weighted by molar-refractivity contribution is 7.98. The number of hydrogen-bond donors (Lipinski definition) is 2. The van der Waals surface area contributed by atoms with E-state index in [0.29, 0.717) is 5.11 Å². The van der Waals surface area contributed by atoms with Crippen LogP contribution in [0.4, 0.5) is 0 Å². The summed E-state index contributed by atoms with van der Waals surface area (Å²) in [6, 6.07) is 7.75. The van der Waals surface area contributed by atoms with E-state index < -0.39 is 0 Å². The summed E-state index contributed by atoms with van der Waals surface area (Å²) in [6.45, 7) is 1.68. The Balaban J connectivity index is 1.84. The summed E-state index contributed by atoms with van der Waals surface area (Å²) in [7, 11) is 4.03. The van der Waals surface area contributed by atoms with E-state index in [9.17, 15) is 0 Å². The molecule has 0 aliphatic carbocycles. The van der Waals surface area contributed by atoms with Gasteiger partial charge in [0.25, 0.3) is 0 Å². The molecule has 0 radical (unpaired) electrons. The summed E-state index contributed by atoms with van der Waals surface area (Å²) in [4.78, 5) is 2.09. The summed E-state index contributed by atoms with van der Waals surface area (Å²) in [5, 5.41) is 13.2. The third-order valence-corrected chi connectivity index (χ3v) is 4.37. The van der Waals surface area contributed by atoms with E-state index in [1.807, 2.05) is 38.4 Å². The predicted octanol–water partition coefficient (Wildman–Crippen LogP) is 2.20. The maximum absolute atomic E-state index is 5.89. The van der Waals surface area contributed by atoms with Crippen LogP contribution in [0.1, 0.15) is 5.56 Å². The number of nitrogens with zero attached hydrogens (tertiary/aromatic N) is 4. The van der Waals surface area contributed by atoms with Crippen molar-refractivity contribution in [2.45, 2.75) is 10.9 Å². The molecule has 0 unspecified atom stereocenters. The number of thiocarbonyl (C=S) groups is 1. The van der Waals surface area contributed by atoms with Gasteiger partial charge in [-0.2, -0.15) is 0 Å². The van der Waals surface area contributed by atoms with Gasteiger partial charge in [0, 0.05) is 23.9 Å². The van der Waals surface area contributed by atoms with Crippen molar-refractivity contribution in [3.05, 3.63) is 41.2 Å². The molecule has 0 amide bonds. The Bertz CT molecular complexity index is 628. The van der Waals surface area contributed by atoms with Crippen molar-refractivity contribution < 1.29 is 0 Å². The number of rotatable bonds is 7. The number of aromatic nitrogens is 3. The lowest BCUT2D eigenvalue weighted by Gasteiger charge is -2.14. The Morgan fingerprint density at radius 1 is 1.35 bits per heavy atom. The second-order valence-corrected chi connectivity index (χ2v) is 6.86. The third-order valence-electron chi connectivity index (χ3n) is 2.86. The normalized spacial score (nSPS) is 10.8. The Hall–Kier alpha value is -1.35. The van der Waals surface area contributed by atoms with Gasteiger partial charge >= 0.3 is 0 Å². The molecule has 6 nitrogen and oxygen atoms in total. The van der Waals surface area contributed by atoms with Crippen LogP contribution in [0.5, 0.6) is 0 Å². The first kappa shape index (κ1) is 18.0. The largest absolute Gasteiger partial charge is 0.360 e. The van der Waals surface area contributed by atoms with Gasteiger partial charge < -0.3 is 10.2 Å². The summed E-state index contributed by atoms with van der Waals surface area (Å²) in [5.74, 6) is 0.776. The van der Waals surface area contributed by atoms with E-state index in [1.165, 1.54) is 5.56 Å². The molecule has 0 bridgehead atoms. The summed E-state index contributed by atoms with van der Waals surface area (Å²) in [5.41, 5.74) is 4.23. The zero-order valence-electron chi connectivity index (χ0n) is 13.0. The van der Waals surface area contributed by atoms with Crippen LogP contribution in [-0.4, -0.2) is 52.1 Å². The average molecular weight is 371 g/mol.